The van der Waals surface area contributed by atoms with E-state index in [-0.39, 0.29) is 5.56 Å². The van der Waals surface area contributed by atoms with Crippen molar-refractivity contribution in [1.29, 1.82) is 0 Å². The molecule has 4 nitrogen and oxygen atoms in total. The van der Waals surface area contributed by atoms with Crippen molar-refractivity contribution in [2.45, 2.75) is 10.9 Å². The summed E-state index contributed by atoms with van der Waals surface area (Å²) in [7, 11) is 1.78. The van der Waals surface area contributed by atoms with Crippen molar-refractivity contribution < 1.29 is 0 Å². The summed E-state index contributed by atoms with van der Waals surface area (Å²) in [6.45, 7) is 0. The number of hydrogen-bond acceptors (Lipinski definition) is 5. The van der Waals surface area contributed by atoms with Gasteiger partial charge in [0, 0.05) is 29.9 Å². The fourth-order valence-electron chi connectivity index (χ4n) is 2.63. The lowest BCUT2D eigenvalue weighted by atomic mass is 10.1. The van der Waals surface area contributed by atoms with Gasteiger partial charge in [0.25, 0.3) is 5.56 Å². The zero-order chi connectivity index (χ0) is 17.2. The molecule has 0 bridgehead atoms. The van der Waals surface area contributed by atoms with Crippen LogP contribution in [0, 0.1) is 0 Å². The zero-order valence-corrected chi connectivity index (χ0v) is 15.2. The third-order valence-electron chi connectivity index (χ3n) is 3.93. The average molecular weight is 365 g/mol. The minimum atomic E-state index is -0.00590. The Kier molecular flexibility index (Phi) is 4.38. The molecule has 0 atom stereocenters. The van der Waals surface area contributed by atoms with Gasteiger partial charge in [-0.25, -0.2) is 4.98 Å². The van der Waals surface area contributed by atoms with Gasteiger partial charge in [0.05, 0.1) is 11.1 Å². The van der Waals surface area contributed by atoms with Crippen molar-refractivity contribution in [3.8, 4) is 11.1 Å². The highest BCUT2D eigenvalue weighted by molar-refractivity contribution is 7.98. The third-order valence-corrected chi connectivity index (χ3v) is 5.87. The van der Waals surface area contributed by atoms with Crippen LogP contribution < -0.4 is 5.56 Å². The number of thioether (sulfide) groups is 1. The summed E-state index contributed by atoms with van der Waals surface area (Å²) in [6, 6.07) is 15.8. The van der Waals surface area contributed by atoms with Gasteiger partial charge in [0.1, 0.15) is 4.83 Å². The van der Waals surface area contributed by atoms with Crippen LogP contribution in [0.1, 0.15) is 5.69 Å². The van der Waals surface area contributed by atoms with Crippen LogP contribution in [-0.4, -0.2) is 14.5 Å². The van der Waals surface area contributed by atoms with Crippen LogP contribution in [0.25, 0.3) is 21.3 Å². The highest BCUT2D eigenvalue weighted by Crippen LogP contribution is 2.32. The number of benzene rings is 1. The second-order valence-corrected chi connectivity index (χ2v) is 7.36. The number of fused-ring (bicyclic) bond motifs is 1. The van der Waals surface area contributed by atoms with E-state index in [1.165, 1.54) is 23.1 Å². The molecule has 3 heterocycles. The molecule has 4 aromatic rings. The van der Waals surface area contributed by atoms with Gasteiger partial charge in [-0.2, -0.15) is 0 Å². The van der Waals surface area contributed by atoms with Crippen LogP contribution in [0.15, 0.2) is 70.1 Å². The maximum Gasteiger partial charge on any atom is 0.263 e. The molecule has 0 amide bonds. The standard InChI is InChI=1S/C19H15N3OS2/c1-22-18(23)16-15(13-7-3-2-4-8-13)12-24-17(16)21-19(22)25-11-14-9-5-6-10-20-14/h2-10,12H,11H2,1H3. The molecule has 0 N–H and O–H groups in total. The highest BCUT2D eigenvalue weighted by Gasteiger charge is 2.15. The van der Waals surface area contributed by atoms with Crippen molar-refractivity contribution in [3.05, 3.63) is 76.2 Å². The van der Waals surface area contributed by atoms with Crippen molar-refractivity contribution >= 4 is 33.3 Å². The molecule has 0 fully saturated rings. The normalized spacial score (nSPS) is 11.1. The average Bonchev–Trinajstić information content (AvgIpc) is 3.09. The summed E-state index contributed by atoms with van der Waals surface area (Å²) in [5.74, 6) is 0.684. The lowest BCUT2D eigenvalue weighted by Gasteiger charge is -2.07. The summed E-state index contributed by atoms with van der Waals surface area (Å²) < 4.78 is 1.63. The molecule has 25 heavy (non-hydrogen) atoms. The van der Waals surface area contributed by atoms with Crippen LogP contribution in [0.2, 0.25) is 0 Å². The fraction of sp³-hybridized carbons (Fsp3) is 0.105. The van der Waals surface area contributed by atoms with E-state index < -0.39 is 0 Å². The number of aromatic nitrogens is 3. The van der Waals surface area contributed by atoms with E-state index in [4.69, 9.17) is 4.98 Å². The minimum absolute atomic E-state index is 0.00590. The van der Waals surface area contributed by atoms with Gasteiger partial charge >= 0.3 is 0 Å². The number of nitrogens with zero attached hydrogens (tertiary/aromatic N) is 3. The Morgan fingerprint density at radius 2 is 1.92 bits per heavy atom. The largest absolute Gasteiger partial charge is 0.290 e. The lowest BCUT2D eigenvalue weighted by molar-refractivity contribution is 0.728. The van der Waals surface area contributed by atoms with Crippen molar-refractivity contribution in [3.63, 3.8) is 0 Å². The first-order valence-corrected chi connectivity index (χ1v) is 9.67. The summed E-state index contributed by atoms with van der Waals surface area (Å²) in [4.78, 5) is 22.7. The van der Waals surface area contributed by atoms with Gasteiger partial charge < -0.3 is 0 Å². The smallest absolute Gasteiger partial charge is 0.263 e. The van der Waals surface area contributed by atoms with Crippen LogP contribution >= 0.6 is 23.1 Å². The molecule has 0 saturated carbocycles. The quantitative estimate of drug-likeness (QED) is 0.398. The first kappa shape index (κ1) is 16.1. The van der Waals surface area contributed by atoms with E-state index in [0.29, 0.717) is 16.3 Å². The molecular weight excluding hydrogens is 350 g/mol. The Labute approximate surface area is 153 Å². The van der Waals surface area contributed by atoms with Gasteiger partial charge in [-0.1, -0.05) is 48.2 Å². The Balaban J connectivity index is 1.74. The van der Waals surface area contributed by atoms with Gasteiger partial charge in [-0.05, 0) is 17.7 Å². The van der Waals surface area contributed by atoms with Gasteiger partial charge in [0.15, 0.2) is 5.16 Å². The monoisotopic (exact) mass is 365 g/mol. The Hall–Kier alpha value is -2.44. The summed E-state index contributed by atoms with van der Waals surface area (Å²) in [5.41, 5.74) is 2.96. The molecule has 4 rings (SSSR count). The summed E-state index contributed by atoms with van der Waals surface area (Å²) in [6.07, 6.45) is 1.77. The molecule has 124 valence electrons. The predicted molar refractivity (Wildman–Crippen MR) is 104 cm³/mol. The Morgan fingerprint density at radius 1 is 1.12 bits per heavy atom. The third kappa shape index (κ3) is 3.10. The topological polar surface area (TPSA) is 47.8 Å². The molecule has 0 unspecified atom stereocenters. The van der Waals surface area contributed by atoms with Crippen molar-refractivity contribution in [2.24, 2.45) is 7.05 Å². The second kappa shape index (κ2) is 6.82. The van der Waals surface area contributed by atoms with Crippen LogP contribution in [0.3, 0.4) is 0 Å². The van der Waals surface area contributed by atoms with Crippen LogP contribution in [0.5, 0.6) is 0 Å². The van der Waals surface area contributed by atoms with Crippen molar-refractivity contribution in [2.75, 3.05) is 0 Å². The maximum atomic E-state index is 12.9. The van der Waals surface area contributed by atoms with E-state index >= 15 is 0 Å². The first-order valence-electron chi connectivity index (χ1n) is 7.80. The number of thiophene rings is 1. The number of hydrogen-bond donors (Lipinski definition) is 0. The highest BCUT2D eigenvalue weighted by atomic mass is 32.2. The molecule has 0 aliphatic heterocycles. The SMILES string of the molecule is Cn1c(SCc2ccccn2)nc2scc(-c3ccccc3)c2c1=O. The molecule has 6 heteroatoms. The van der Waals surface area contributed by atoms with Gasteiger partial charge in [-0.3, -0.25) is 14.3 Å². The van der Waals surface area contributed by atoms with E-state index in [2.05, 4.69) is 4.98 Å². The zero-order valence-electron chi connectivity index (χ0n) is 13.5. The molecule has 0 saturated heterocycles. The Morgan fingerprint density at radius 3 is 2.68 bits per heavy atom. The fourth-order valence-corrected chi connectivity index (χ4v) is 4.51. The number of rotatable bonds is 4. The van der Waals surface area contributed by atoms with E-state index in [9.17, 15) is 4.79 Å². The maximum absolute atomic E-state index is 12.9. The molecular formula is C19H15N3OS2. The Bertz CT molecular complexity index is 1070. The first-order chi connectivity index (χ1) is 12.2. The lowest BCUT2D eigenvalue weighted by Crippen LogP contribution is -2.19. The van der Waals surface area contributed by atoms with E-state index in [0.717, 1.165) is 21.7 Å². The molecule has 0 aliphatic rings. The van der Waals surface area contributed by atoms with Gasteiger partial charge in [-0.15, -0.1) is 11.3 Å². The van der Waals surface area contributed by atoms with E-state index in [1.807, 2.05) is 53.9 Å². The van der Waals surface area contributed by atoms with E-state index in [1.54, 1.807) is 17.8 Å². The van der Waals surface area contributed by atoms with Crippen LogP contribution in [0.4, 0.5) is 0 Å². The van der Waals surface area contributed by atoms with Crippen molar-refractivity contribution in [1.82, 2.24) is 14.5 Å². The summed E-state index contributed by atoms with van der Waals surface area (Å²) in [5, 5.41) is 3.42. The second-order valence-electron chi connectivity index (χ2n) is 5.56. The molecule has 3 aromatic heterocycles. The molecule has 1 aromatic carbocycles. The number of pyridine rings is 1. The predicted octanol–water partition coefficient (Wildman–Crippen LogP) is 4.35. The molecule has 0 aliphatic carbocycles. The van der Waals surface area contributed by atoms with Crippen LogP contribution in [-0.2, 0) is 12.8 Å². The van der Waals surface area contributed by atoms with Gasteiger partial charge in [0.2, 0.25) is 0 Å². The molecule has 0 radical (unpaired) electrons. The molecule has 0 spiro atoms. The summed E-state index contributed by atoms with van der Waals surface area (Å²) >= 11 is 3.04. The minimum Gasteiger partial charge on any atom is -0.290 e.